The molecular weight excluding hydrogens is 674 g/mol. The Balaban J connectivity index is 2.61. The number of urea groups is 2. The third-order valence-electron chi connectivity index (χ3n) is 9.48. The monoisotopic (exact) mass is 754 g/mol. The Morgan fingerprint density at radius 2 is 1.40 bits per heavy atom. The highest BCUT2D eigenvalue weighted by molar-refractivity contribution is 5.97. The van der Waals surface area contributed by atoms with Crippen LogP contribution >= 0.6 is 0 Å². The maximum absolute atomic E-state index is 13.8. The Hall–Kier alpha value is -2.32. The summed E-state index contributed by atoms with van der Waals surface area (Å²) in [6.07, 6.45) is 14.2. The summed E-state index contributed by atoms with van der Waals surface area (Å²) in [4.78, 5) is 54.0. The van der Waals surface area contributed by atoms with E-state index in [-0.39, 0.29) is 23.7 Å². The van der Waals surface area contributed by atoms with E-state index in [0.717, 1.165) is 116 Å². The van der Waals surface area contributed by atoms with Crippen LogP contribution in [0, 0.1) is 0 Å². The fourth-order valence-corrected chi connectivity index (χ4v) is 6.02. The van der Waals surface area contributed by atoms with Crippen molar-refractivity contribution >= 4 is 24.9 Å². The molecule has 0 aliphatic carbocycles. The largest absolute Gasteiger partial charge is 0.380 e. The molecule has 3 unspecified atom stereocenters. The first-order valence-electron chi connectivity index (χ1n) is 20.7. The second-order valence-corrected chi connectivity index (χ2v) is 16.4. The summed E-state index contributed by atoms with van der Waals surface area (Å²) in [5.41, 5.74) is -0.309. The zero-order valence-corrected chi connectivity index (χ0v) is 34.8. The summed E-state index contributed by atoms with van der Waals surface area (Å²) in [5.74, 6) is 0. The number of carbonyl (C=O) groups excluding carboxylic acids is 4. The van der Waals surface area contributed by atoms with Crippen molar-refractivity contribution in [3.63, 3.8) is 0 Å². The minimum Gasteiger partial charge on any atom is -0.380 e. The molecular formula is C40H79N7O6. The molecule has 0 bridgehead atoms. The molecule has 0 aromatic carbocycles. The van der Waals surface area contributed by atoms with Gasteiger partial charge in [0.05, 0.1) is 18.8 Å². The summed E-state index contributed by atoms with van der Waals surface area (Å²) < 4.78 is 11.9. The highest BCUT2D eigenvalue weighted by Gasteiger charge is 2.31. The van der Waals surface area contributed by atoms with Crippen molar-refractivity contribution in [1.29, 1.82) is 0 Å². The Labute approximate surface area is 322 Å². The molecule has 13 heteroatoms. The molecule has 0 spiro atoms. The number of nitrogens with zero attached hydrogens (tertiary/aromatic N) is 3. The van der Waals surface area contributed by atoms with Gasteiger partial charge in [-0.2, -0.15) is 0 Å². The van der Waals surface area contributed by atoms with Crippen LogP contribution in [-0.4, -0.2) is 135 Å². The molecule has 0 radical (unpaired) electrons. The summed E-state index contributed by atoms with van der Waals surface area (Å²) in [6, 6.07) is -0.00479. The lowest BCUT2D eigenvalue weighted by atomic mass is 10.1. The molecule has 13 nitrogen and oxygen atoms in total. The van der Waals surface area contributed by atoms with Crippen LogP contribution in [0.15, 0.2) is 0 Å². The van der Waals surface area contributed by atoms with E-state index in [0.29, 0.717) is 57.6 Å². The zero-order chi connectivity index (χ0) is 39.4. The van der Waals surface area contributed by atoms with Gasteiger partial charge in [-0.05, 0) is 99.6 Å². The van der Waals surface area contributed by atoms with Gasteiger partial charge in [-0.3, -0.25) is 19.8 Å². The van der Waals surface area contributed by atoms with Gasteiger partial charge in [-0.1, -0.05) is 51.9 Å². The second kappa shape index (κ2) is 29.0. The van der Waals surface area contributed by atoms with Gasteiger partial charge in [0.2, 0.25) is 12.8 Å². The molecule has 0 saturated carbocycles. The average molecular weight is 754 g/mol. The van der Waals surface area contributed by atoms with Crippen LogP contribution in [0.3, 0.4) is 0 Å². The third-order valence-corrected chi connectivity index (χ3v) is 9.48. The molecule has 4 N–H and O–H groups in total. The molecule has 310 valence electrons. The van der Waals surface area contributed by atoms with Gasteiger partial charge in [-0.25, -0.2) is 14.5 Å². The van der Waals surface area contributed by atoms with Gasteiger partial charge in [-0.15, -0.1) is 0 Å². The quantitative estimate of drug-likeness (QED) is 0.0372. The van der Waals surface area contributed by atoms with Crippen molar-refractivity contribution in [2.24, 2.45) is 0 Å². The lowest BCUT2D eigenvalue weighted by molar-refractivity contribution is -0.110. The lowest BCUT2D eigenvalue weighted by Crippen LogP contribution is -2.50. The molecule has 0 aromatic heterocycles. The van der Waals surface area contributed by atoms with Crippen LogP contribution in [0.2, 0.25) is 0 Å². The standard InChI is InChI=1S/C40H79N7O6/c1-8-9-28-52-31-36(30-46-29-35(46)2)42-23-17-11-14-20-26-45(25-19-13-10-16-22-41-33-48)38(51)47(37(50)43-34-49)27-21-15-12-18-24-44-40(6,7)32-53-39(3,4)5/h33-36,42,44H,8-32H2,1-7H3,(H,41,48)(H,43,49,50). The highest BCUT2D eigenvalue weighted by Crippen LogP contribution is 2.17. The molecule has 53 heavy (non-hydrogen) atoms. The molecule has 1 aliphatic heterocycles. The molecule has 1 heterocycles. The maximum Gasteiger partial charge on any atom is 0.331 e. The van der Waals surface area contributed by atoms with Crippen LogP contribution in [0.1, 0.15) is 138 Å². The Morgan fingerprint density at radius 3 is 1.96 bits per heavy atom. The molecule has 1 aliphatic rings. The van der Waals surface area contributed by atoms with E-state index < -0.39 is 6.03 Å². The number of hydrogen-bond acceptors (Lipinski definition) is 9. The van der Waals surface area contributed by atoms with Crippen molar-refractivity contribution < 1.29 is 28.7 Å². The summed E-state index contributed by atoms with van der Waals surface area (Å²) in [7, 11) is 0. The lowest BCUT2D eigenvalue weighted by Gasteiger charge is -2.31. The van der Waals surface area contributed by atoms with Crippen LogP contribution in [0.25, 0.3) is 0 Å². The maximum atomic E-state index is 13.8. The summed E-state index contributed by atoms with van der Waals surface area (Å²) in [6.45, 7) is 23.1. The highest BCUT2D eigenvalue weighted by atomic mass is 16.5. The summed E-state index contributed by atoms with van der Waals surface area (Å²) in [5, 5.41) is 12.2. The first kappa shape index (κ1) is 48.7. The zero-order valence-electron chi connectivity index (χ0n) is 34.8. The van der Waals surface area contributed by atoms with Crippen molar-refractivity contribution in [1.82, 2.24) is 36.0 Å². The van der Waals surface area contributed by atoms with Gasteiger partial charge in [0.1, 0.15) is 0 Å². The first-order chi connectivity index (χ1) is 25.3. The fourth-order valence-electron chi connectivity index (χ4n) is 6.02. The van der Waals surface area contributed by atoms with Gasteiger partial charge < -0.3 is 30.3 Å². The van der Waals surface area contributed by atoms with E-state index in [9.17, 15) is 19.2 Å². The molecule has 0 aromatic rings. The third kappa shape index (κ3) is 26.2. The number of imide groups is 2. The first-order valence-corrected chi connectivity index (χ1v) is 20.7. The van der Waals surface area contributed by atoms with Crippen molar-refractivity contribution in [3.05, 3.63) is 0 Å². The molecule has 6 amide bonds. The average Bonchev–Trinajstić information content (AvgIpc) is 3.81. The molecule has 1 fully saturated rings. The second-order valence-electron chi connectivity index (χ2n) is 16.4. The Bertz CT molecular complexity index is 980. The van der Waals surface area contributed by atoms with Gasteiger partial charge in [0.25, 0.3) is 0 Å². The molecule has 1 saturated heterocycles. The minimum atomic E-state index is -0.673. The number of ether oxygens (including phenoxy) is 2. The van der Waals surface area contributed by atoms with Gasteiger partial charge in [0.15, 0.2) is 0 Å². The predicted molar refractivity (Wildman–Crippen MR) is 214 cm³/mol. The van der Waals surface area contributed by atoms with Crippen molar-refractivity contribution in [2.75, 3.05) is 72.2 Å². The topological polar surface area (TPSA) is 144 Å². The number of nitrogens with one attached hydrogen (secondary N) is 4. The predicted octanol–water partition coefficient (Wildman–Crippen LogP) is 5.67. The van der Waals surface area contributed by atoms with Crippen LogP contribution in [0.5, 0.6) is 0 Å². The SMILES string of the molecule is CCCCOCC(CN1CC1C)NCCCCCCN(CCCCCCNC=O)C(=O)N(CCCCCCNC(C)(C)COC(C)(C)C)C(=O)NC=O. The van der Waals surface area contributed by atoms with E-state index in [2.05, 4.69) is 74.6 Å². The van der Waals surface area contributed by atoms with Crippen LogP contribution < -0.4 is 21.3 Å². The van der Waals surface area contributed by atoms with E-state index in [1.54, 1.807) is 4.90 Å². The van der Waals surface area contributed by atoms with E-state index >= 15 is 0 Å². The normalized spacial score (nSPS) is 16.2. The van der Waals surface area contributed by atoms with E-state index in [1.807, 2.05) is 0 Å². The van der Waals surface area contributed by atoms with E-state index in [1.165, 1.54) is 11.4 Å². The Morgan fingerprint density at radius 1 is 0.811 bits per heavy atom. The van der Waals surface area contributed by atoms with Crippen molar-refractivity contribution in [3.8, 4) is 0 Å². The number of unbranched alkanes of at least 4 members (excludes halogenated alkanes) is 10. The van der Waals surface area contributed by atoms with Gasteiger partial charge >= 0.3 is 12.1 Å². The molecule has 1 rings (SSSR count). The summed E-state index contributed by atoms with van der Waals surface area (Å²) >= 11 is 0. The van der Waals surface area contributed by atoms with Crippen LogP contribution in [0.4, 0.5) is 9.59 Å². The van der Waals surface area contributed by atoms with Gasteiger partial charge in [0, 0.05) is 63.5 Å². The minimum absolute atomic E-state index is 0.130. The number of amides is 6. The van der Waals surface area contributed by atoms with E-state index in [4.69, 9.17) is 9.47 Å². The number of hydrogen-bond donors (Lipinski definition) is 4. The molecule has 3 atom stereocenters. The fraction of sp³-hybridized carbons (Fsp3) is 0.900. The Kier molecular flexibility index (Phi) is 26.7. The van der Waals surface area contributed by atoms with Crippen LogP contribution in [-0.2, 0) is 19.1 Å². The number of rotatable bonds is 34. The smallest absolute Gasteiger partial charge is 0.331 e. The van der Waals surface area contributed by atoms with Crippen molar-refractivity contribution in [2.45, 2.75) is 162 Å². The number of carbonyl (C=O) groups is 4.